The molecule has 2 amide bonds. The number of hydrogen-bond donors (Lipinski definition) is 3. The van der Waals surface area contributed by atoms with E-state index in [4.69, 9.17) is 12.2 Å². The lowest BCUT2D eigenvalue weighted by atomic mass is 9.95. The van der Waals surface area contributed by atoms with Crippen LogP contribution < -0.4 is 16.0 Å². The minimum Gasteiger partial charge on any atom is -0.349 e. The van der Waals surface area contributed by atoms with E-state index in [0.717, 1.165) is 22.9 Å². The number of halogens is 1. The molecule has 0 aromatic heterocycles. The highest BCUT2D eigenvalue weighted by Crippen LogP contribution is 2.19. The summed E-state index contributed by atoms with van der Waals surface area (Å²) in [7, 11) is 0. The highest BCUT2D eigenvalue weighted by atomic mass is 79.9. The fourth-order valence-corrected chi connectivity index (χ4v) is 3.88. The van der Waals surface area contributed by atoms with Gasteiger partial charge in [0.2, 0.25) is 0 Å². The Labute approximate surface area is 184 Å². The molecule has 0 radical (unpaired) electrons. The first-order valence-corrected chi connectivity index (χ1v) is 10.9. The van der Waals surface area contributed by atoms with Crippen molar-refractivity contribution in [2.75, 3.05) is 5.32 Å². The quantitative estimate of drug-likeness (QED) is 0.549. The number of anilines is 1. The zero-order valence-corrected chi connectivity index (χ0v) is 18.7. The molecule has 0 saturated heterocycles. The largest absolute Gasteiger partial charge is 0.349 e. The maximum atomic E-state index is 12.4. The van der Waals surface area contributed by atoms with Crippen LogP contribution in [0.25, 0.3) is 0 Å². The highest BCUT2D eigenvalue weighted by Gasteiger charge is 2.16. The number of aryl methyl sites for hydroxylation is 1. The molecule has 0 spiro atoms. The van der Waals surface area contributed by atoms with E-state index in [0.29, 0.717) is 16.8 Å². The van der Waals surface area contributed by atoms with E-state index in [-0.39, 0.29) is 23.0 Å². The van der Waals surface area contributed by atoms with Gasteiger partial charge in [0.15, 0.2) is 5.11 Å². The molecule has 2 aromatic carbocycles. The Morgan fingerprint density at radius 1 is 0.966 bits per heavy atom. The standard InChI is InChI=1S/C22H24BrN3O2S/c1-14-7-8-16(13-19(14)23)21(28)26-22(29)25-18-11-9-15(10-12-18)20(27)24-17-5-3-2-4-6-17/h7-13,17H,2-6H2,1H3,(H,24,27)(H2,25,26,28,29). The fraction of sp³-hybridized carbons (Fsp3) is 0.318. The summed E-state index contributed by atoms with van der Waals surface area (Å²) in [5.74, 6) is -0.337. The second-order valence-electron chi connectivity index (χ2n) is 7.26. The first-order valence-electron chi connectivity index (χ1n) is 9.72. The van der Waals surface area contributed by atoms with Crippen LogP contribution >= 0.6 is 28.1 Å². The molecule has 0 heterocycles. The number of rotatable bonds is 4. The third-order valence-corrected chi connectivity index (χ3v) is 6.06. The third kappa shape index (κ3) is 6.11. The van der Waals surface area contributed by atoms with Crippen molar-refractivity contribution >= 4 is 50.8 Å². The van der Waals surface area contributed by atoms with Gasteiger partial charge in [-0.2, -0.15) is 0 Å². The number of hydrogen-bond acceptors (Lipinski definition) is 3. The van der Waals surface area contributed by atoms with Crippen LogP contribution in [0.1, 0.15) is 58.4 Å². The number of thiocarbonyl (C=S) groups is 1. The summed E-state index contributed by atoms with van der Waals surface area (Å²) in [6.07, 6.45) is 5.71. The Kier molecular flexibility index (Phi) is 7.39. The number of nitrogens with one attached hydrogen (secondary N) is 3. The maximum absolute atomic E-state index is 12.4. The van der Waals surface area contributed by atoms with E-state index in [9.17, 15) is 9.59 Å². The van der Waals surface area contributed by atoms with Gasteiger partial charge in [0, 0.05) is 27.3 Å². The Bertz CT molecular complexity index is 909. The molecule has 2 aromatic rings. The van der Waals surface area contributed by atoms with Crippen LogP contribution in [0, 0.1) is 6.92 Å². The van der Waals surface area contributed by atoms with E-state index < -0.39 is 0 Å². The van der Waals surface area contributed by atoms with Gasteiger partial charge in [0.25, 0.3) is 11.8 Å². The number of carbonyl (C=O) groups is 2. The first kappa shape index (κ1) is 21.5. The van der Waals surface area contributed by atoms with Gasteiger partial charge in [-0.3, -0.25) is 14.9 Å². The second kappa shape index (κ2) is 9.98. The normalized spacial score (nSPS) is 14.1. The number of benzene rings is 2. The summed E-state index contributed by atoms with van der Waals surface area (Å²) >= 11 is 8.65. The van der Waals surface area contributed by atoms with Crippen molar-refractivity contribution in [1.29, 1.82) is 0 Å². The van der Waals surface area contributed by atoms with Gasteiger partial charge >= 0.3 is 0 Å². The Morgan fingerprint density at radius 3 is 2.28 bits per heavy atom. The van der Waals surface area contributed by atoms with Crippen LogP contribution in [0.5, 0.6) is 0 Å². The molecule has 29 heavy (non-hydrogen) atoms. The molecule has 152 valence electrons. The van der Waals surface area contributed by atoms with Crippen molar-refractivity contribution in [3.63, 3.8) is 0 Å². The molecule has 1 aliphatic rings. The Morgan fingerprint density at radius 2 is 1.62 bits per heavy atom. The molecule has 0 unspecified atom stereocenters. The van der Waals surface area contributed by atoms with E-state index in [1.807, 2.05) is 13.0 Å². The Balaban J connectivity index is 1.53. The third-order valence-electron chi connectivity index (χ3n) is 5.01. The lowest BCUT2D eigenvalue weighted by molar-refractivity contribution is 0.0926. The molecule has 1 fully saturated rings. The highest BCUT2D eigenvalue weighted by molar-refractivity contribution is 9.10. The minimum absolute atomic E-state index is 0.0516. The molecule has 3 N–H and O–H groups in total. The van der Waals surface area contributed by atoms with E-state index in [1.165, 1.54) is 19.3 Å². The Hall–Kier alpha value is -2.25. The smallest absolute Gasteiger partial charge is 0.257 e. The zero-order chi connectivity index (χ0) is 20.8. The van der Waals surface area contributed by atoms with E-state index in [1.54, 1.807) is 36.4 Å². The van der Waals surface area contributed by atoms with Crippen LogP contribution in [-0.2, 0) is 0 Å². The SMILES string of the molecule is Cc1ccc(C(=O)NC(=S)Nc2ccc(C(=O)NC3CCCCC3)cc2)cc1Br. The topological polar surface area (TPSA) is 70.2 Å². The van der Waals surface area contributed by atoms with Crippen LogP contribution in [0.15, 0.2) is 46.9 Å². The average Bonchev–Trinajstić information content (AvgIpc) is 2.71. The summed E-state index contributed by atoms with van der Waals surface area (Å²) < 4.78 is 0.867. The van der Waals surface area contributed by atoms with Gasteiger partial charge in [0.1, 0.15) is 0 Å². The number of carbonyl (C=O) groups excluding carboxylic acids is 2. The molecule has 0 bridgehead atoms. The van der Waals surface area contributed by atoms with Crippen molar-refractivity contribution in [1.82, 2.24) is 10.6 Å². The van der Waals surface area contributed by atoms with Crippen molar-refractivity contribution < 1.29 is 9.59 Å². The van der Waals surface area contributed by atoms with Crippen molar-refractivity contribution in [2.45, 2.75) is 45.1 Å². The molecule has 1 saturated carbocycles. The molecule has 3 rings (SSSR count). The molecule has 5 nitrogen and oxygen atoms in total. The van der Waals surface area contributed by atoms with Crippen LogP contribution in [0.3, 0.4) is 0 Å². The fourth-order valence-electron chi connectivity index (χ4n) is 3.29. The van der Waals surface area contributed by atoms with Gasteiger partial charge in [0.05, 0.1) is 0 Å². The minimum atomic E-state index is -0.285. The van der Waals surface area contributed by atoms with Crippen LogP contribution in [0.2, 0.25) is 0 Å². The second-order valence-corrected chi connectivity index (χ2v) is 8.52. The molecule has 0 aliphatic heterocycles. The zero-order valence-electron chi connectivity index (χ0n) is 16.3. The van der Waals surface area contributed by atoms with Crippen molar-refractivity contribution in [3.05, 3.63) is 63.6 Å². The molecule has 7 heteroatoms. The predicted octanol–water partition coefficient (Wildman–Crippen LogP) is 4.95. The van der Waals surface area contributed by atoms with Gasteiger partial charge < -0.3 is 10.6 Å². The van der Waals surface area contributed by atoms with Crippen molar-refractivity contribution in [3.8, 4) is 0 Å². The van der Waals surface area contributed by atoms with Gasteiger partial charge in [-0.25, -0.2) is 0 Å². The molecule has 0 atom stereocenters. The summed E-state index contributed by atoms with van der Waals surface area (Å²) in [6.45, 7) is 1.96. The summed E-state index contributed by atoms with van der Waals surface area (Å²) in [5.41, 5.74) is 2.88. The lowest BCUT2D eigenvalue weighted by Crippen LogP contribution is -2.36. The van der Waals surface area contributed by atoms with Gasteiger partial charge in [-0.05, 0) is 73.9 Å². The number of amides is 2. The predicted molar refractivity (Wildman–Crippen MR) is 123 cm³/mol. The molecular formula is C22H24BrN3O2S. The average molecular weight is 474 g/mol. The van der Waals surface area contributed by atoms with Crippen LogP contribution in [-0.4, -0.2) is 23.0 Å². The van der Waals surface area contributed by atoms with E-state index in [2.05, 4.69) is 31.9 Å². The first-order chi connectivity index (χ1) is 13.9. The molecular weight excluding hydrogens is 450 g/mol. The van der Waals surface area contributed by atoms with Gasteiger partial charge in [-0.1, -0.05) is 41.3 Å². The summed E-state index contributed by atoms with van der Waals surface area (Å²) in [6, 6.07) is 12.7. The van der Waals surface area contributed by atoms with Gasteiger partial charge in [-0.15, -0.1) is 0 Å². The lowest BCUT2D eigenvalue weighted by Gasteiger charge is -2.22. The summed E-state index contributed by atoms with van der Waals surface area (Å²) in [4.78, 5) is 24.7. The maximum Gasteiger partial charge on any atom is 0.257 e. The van der Waals surface area contributed by atoms with Crippen LogP contribution in [0.4, 0.5) is 5.69 Å². The van der Waals surface area contributed by atoms with E-state index >= 15 is 0 Å². The molecule has 1 aliphatic carbocycles. The monoisotopic (exact) mass is 473 g/mol. The van der Waals surface area contributed by atoms with Crippen molar-refractivity contribution in [2.24, 2.45) is 0 Å². The summed E-state index contributed by atoms with van der Waals surface area (Å²) in [5, 5.41) is 8.94.